The third kappa shape index (κ3) is 4.76. The molecule has 51 heavy (non-hydrogen) atoms. The van der Waals surface area contributed by atoms with Crippen molar-refractivity contribution in [3.63, 3.8) is 0 Å². The lowest BCUT2D eigenvalue weighted by molar-refractivity contribution is 0.203. The summed E-state index contributed by atoms with van der Waals surface area (Å²) in [7, 11) is 0. The van der Waals surface area contributed by atoms with Crippen molar-refractivity contribution in [2.45, 2.75) is 18.5 Å². The van der Waals surface area contributed by atoms with Crippen molar-refractivity contribution in [1.29, 1.82) is 0 Å². The first-order valence-electron chi connectivity index (χ1n) is 17.4. The second-order valence-electron chi connectivity index (χ2n) is 13.4. The number of furan rings is 1. The van der Waals surface area contributed by atoms with Gasteiger partial charge in [-0.15, -0.1) is 22.7 Å². The van der Waals surface area contributed by atoms with E-state index in [2.05, 4.69) is 162 Å². The Labute approximate surface area is 302 Å². The summed E-state index contributed by atoms with van der Waals surface area (Å²) in [5, 5.41) is 19.2. The maximum atomic E-state index is 6.47. The molecule has 3 unspecified atom stereocenters. The fourth-order valence-electron chi connectivity index (χ4n) is 7.96. The number of benzene rings is 7. The first-order valence-corrected chi connectivity index (χ1v) is 19.0. The lowest BCUT2D eigenvalue weighted by Gasteiger charge is -2.39. The van der Waals surface area contributed by atoms with E-state index in [1.165, 1.54) is 62.6 Å². The molecule has 0 spiro atoms. The largest absolute Gasteiger partial charge is 0.455 e. The Hall–Kier alpha value is -5.34. The van der Waals surface area contributed by atoms with E-state index in [-0.39, 0.29) is 18.5 Å². The molecule has 3 N–H and O–H groups in total. The molecule has 1 aliphatic heterocycles. The minimum Gasteiger partial charge on any atom is -0.455 e. The van der Waals surface area contributed by atoms with E-state index in [4.69, 9.17) is 4.42 Å². The molecule has 10 aromatic rings. The number of thiophene rings is 2. The van der Waals surface area contributed by atoms with Crippen molar-refractivity contribution in [3.8, 4) is 11.1 Å². The topological polar surface area (TPSA) is 49.2 Å². The fraction of sp³-hybridized carbons (Fsp3) is 0.0667. The normalized spacial score (nSPS) is 18.2. The molecule has 1 aliphatic rings. The smallest absolute Gasteiger partial charge is 0.143 e. The van der Waals surface area contributed by atoms with Crippen molar-refractivity contribution < 1.29 is 4.42 Å². The molecule has 3 atom stereocenters. The van der Waals surface area contributed by atoms with Gasteiger partial charge in [-0.25, -0.2) is 0 Å². The van der Waals surface area contributed by atoms with E-state index in [9.17, 15) is 0 Å². The Morgan fingerprint density at radius 1 is 0.392 bits per heavy atom. The second-order valence-corrected chi connectivity index (χ2v) is 15.5. The number of hydrogen-bond donors (Lipinski definition) is 3. The molecule has 3 aromatic heterocycles. The number of para-hydroxylation sites is 2. The molecule has 6 heteroatoms. The summed E-state index contributed by atoms with van der Waals surface area (Å²) in [4.78, 5) is 0. The molecule has 11 rings (SSSR count). The van der Waals surface area contributed by atoms with Crippen LogP contribution in [0.2, 0.25) is 0 Å². The zero-order valence-electron chi connectivity index (χ0n) is 27.4. The Bertz CT molecular complexity index is 2940. The summed E-state index contributed by atoms with van der Waals surface area (Å²) < 4.78 is 11.7. The molecule has 1 saturated heterocycles. The molecule has 7 aromatic carbocycles. The highest BCUT2D eigenvalue weighted by atomic mass is 32.1. The first-order chi connectivity index (χ1) is 25.2. The summed E-state index contributed by atoms with van der Waals surface area (Å²) in [6.45, 7) is 0. The zero-order chi connectivity index (χ0) is 33.5. The van der Waals surface area contributed by atoms with Crippen LogP contribution < -0.4 is 16.0 Å². The Kier molecular flexibility index (Phi) is 6.69. The van der Waals surface area contributed by atoms with Gasteiger partial charge in [0.2, 0.25) is 0 Å². The number of fused-ring (bicyclic) bond motifs is 9. The Balaban J connectivity index is 1.00. The average molecular weight is 694 g/mol. The van der Waals surface area contributed by atoms with Crippen molar-refractivity contribution >= 4 is 85.0 Å². The van der Waals surface area contributed by atoms with Crippen LogP contribution in [0.5, 0.6) is 0 Å². The maximum Gasteiger partial charge on any atom is 0.143 e. The van der Waals surface area contributed by atoms with Gasteiger partial charge in [0.15, 0.2) is 0 Å². The molecule has 0 bridgehead atoms. The summed E-state index contributed by atoms with van der Waals surface area (Å²) in [6.07, 6.45) is -0.155. The highest BCUT2D eigenvalue weighted by Crippen LogP contribution is 2.44. The van der Waals surface area contributed by atoms with Gasteiger partial charge >= 0.3 is 0 Å². The predicted octanol–water partition coefficient (Wildman–Crippen LogP) is 12.2. The lowest BCUT2D eigenvalue weighted by Crippen LogP contribution is -2.54. The molecule has 0 radical (unpaired) electrons. The van der Waals surface area contributed by atoms with Gasteiger partial charge < -0.3 is 4.42 Å². The minimum absolute atomic E-state index is 0.0328. The quantitative estimate of drug-likeness (QED) is 0.172. The number of rotatable bonds is 4. The van der Waals surface area contributed by atoms with Crippen LogP contribution in [0, 0.1) is 0 Å². The van der Waals surface area contributed by atoms with Crippen LogP contribution in [0.1, 0.15) is 35.2 Å². The second kappa shape index (κ2) is 11.6. The van der Waals surface area contributed by atoms with Gasteiger partial charge in [0.05, 0.1) is 18.5 Å². The van der Waals surface area contributed by atoms with Crippen LogP contribution in [-0.4, -0.2) is 0 Å². The molecule has 0 aliphatic carbocycles. The molecule has 0 saturated carbocycles. The van der Waals surface area contributed by atoms with Crippen LogP contribution in [0.4, 0.5) is 0 Å². The van der Waals surface area contributed by atoms with E-state index in [1.807, 2.05) is 28.7 Å². The highest BCUT2D eigenvalue weighted by Gasteiger charge is 2.30. The standard InChI is InChI=1S/C45H31N3OS2/c1-2-10-26(11-3-1)43-46-44(27-20-22-31-30-13-5-7-19-38(30)50-39(31)24-27)48-45(47-43)28-21-23-32-35-16-9-17-36(42(35)51-40(32)25-28)34-15-8-14-33-29-12-4-6-18-37(29)49-41(33)34/h1-25,43-48H. The van der Waals surface area contributed by atoms with Gasteiger partial charge in [0.25, 0.3) is 0 Å². The summed E-state index contributed by atoms with van der Waals surface area (Å²) >= 11 is 3.73. The van der Waals surface area contributed by atoms with Crippen LogP contribution in [0.15, 0.2) is 156 Å². The van der Waals surface area contributed by atoms with Gasteiger partial charge in [-0.3, -0.25) is 16.0 Å². The fourth-order valence-corrected chi connectivity index (χ4v) is 10.4. The average Bonchev–Trinajstić information content (AvgIpc) is 3.88. The van der Waals surface area contributed by atoms with Gasteiger partial charge in [-0.2, -0.15) is 0 Å². The monoisotopic (exact) mass is 693 g/mol. The molecule has 4 nitrogen and oxygen atoms in total. The Morgan fingerprint density at radius 2 is 0.961 bits per heavy atom. The molecular weight excluding hydrogens is 663 g/mol. The van der Waals surface area contributed by atoms with Gasteiger partial charge in [-0.1, -0.05) is 127 Å². The zero-order valence-corrected chi connectivity index (χ0v) is 29.0. The number of hydrogen-bond acceptors (Lipinski definition) is 6. The van der Waals surface area contributed by atoms with Crippen molar-refractivity contribution in [3.05, 3.63) is 168 Å². The van der Waals surface area contributed by atoms with Crippen molar-refractivity contribution in [2.24, 2.45) is 0 Å². The summed E-state index contributed by atoms with van der Waals surface area (Å²) in [5.41, 5.74) is 7.86. The Morgan fingerprint density at radius 3 is 1.75 bits per heavy atom. The van der Waals surface area contributed by atoms with E-state index in [1.54, 1.807) is 0 Å². The summed E-state index contributed by atoms with van der Waals surface area (Å²) in [5.74, 6) is 0. The predicted molar refractivity (Wildman–Crippen MR) is 215 cm³/mol. The van der Waals surface area contributed by atoms with Crippen molar-refractivity contribution in [1.82, 2.24) is 16.0 Å². The molecular formula is C45H31N3OS2. The van der Waals surface area contributed by atoms with Crippen molar-refractivity contribution in [2.75, 3.05) is 0 Å². The van der Waals surface area contributed by atoms with Gasteiger partial charge in [0, 0.05) is 62.2 Å². The third-order valence-corrected chi connectivity index (χ3v) is 12.8. The lowest BCUT2D eigenvalue weighted by atomic mass is 9.99. The summed E-state index contributed by atoms with van der Waals surface area (Å²) in [6, 6.07) is 54.7. The van der Waals surface area contributed by atoms with E-state index < -0.39 is 0 Å². The van der Waals surface area contributed by atoms with E-state index in [0.717, 1.165) is 27.5 Å². The van der Waals surface area contributed by atoms with Crippen LogP contribution in [0.3, 0.4) is 0 Å². The van der Waals surface area contributed by atoms with Crippen LogP contribution in [0.25, 0.3) is 73.4 Å². The maximum absolute atomic E-state index is 6.47. The van der Waals surface area contributed by atoms with Crippen LogP contribution in [-0.2, 0) is 0 Å². The molecule has 0 amide bonds. The highest BCUT2D eigenvalue weighted by molar-refractivity contribution is 7.26. The molecule has 1 fully saturated rings. The third-order valence-electron chi connectivity index (χ3n) is 10.4. The SMILES string of the molecule is c1ccc(C2NC(c3ccc4c(c3)sc3ccccc34)NC(c3ccc4c(c3)sc3c(-c5cccc6c5oc5ccccc56)cccc34)N2)cc1. The van der Waals surface area contributed by atoms with Gasteiger partial charge in [0.1, 0.15) is 11.2 Å². The molecule has 244 valence electrons. The first kappa shape index (κ1) is 29.4. The molecule has 4 heterocycles. The van der Waals surface area contributed by atoms with E-state index >= 15 is 0 Å². The van der Waals surface area contributed by atoms with Crippen LogP contribution >= 0.6 is 22.7 Å². The van der Waals surface area contributed by atoms with E-state index in [0.29, 0.717) is 0 Å². The minimum atomic E-state index is -0.0714. The number of nitrogens with one attached hydrogen (secondary N) is 3. The van der Waals surface area contributed by atoms with Gasteiger partial charge in [-0.05, 0) is 41.0 Å².